The first-order valence-electron chi connectivity index (χ1n) is 9.68. The molecule has 168 valence electrons. The van der Waals surface area contributed by atoms with E-state index < -0.39 is 11.9 Å². The molecule has 0 saturated carbocycles. The van der Waals surface area contributed by atoms with Gasteiger partial charge in [-0.1, -0.05) is 70.6 Å². The Kier molecular flexibility index (Phi) is 9.94. The fourth-order valence-corrected chi connectivity index (χ4v) is 3.95. The van der Waals surface area contributed by atoms with Gasteiger partial charge in [0.05, 0.1) is 5.02 Å². The van der Waals surface area contributed by atoms with Crippen LogP contribution in [0, 0.1) is 5.92 Å². The summed E-state index contributed by atoms with van der Waals surface area (Å²) >= 11 is 22.1. The molecule has 1 N–H and O–H groups in total. The van der Waals surface area contributed by atoms with Crippen LogP contribution in [0.4, 0.5) is 0 Å². The molecule has 2 rings (SSSR count). The summed E-state index contributed by atoms with van der Waals surface area (Å²) in [6.07, 6.45) is 0. The van der Waals surface area contributed by atoms with Crippen molar-refractivity contribution in [1.82, 2.24) is 10.2 Å². The van der Waals surface area contributed by atoms with E-state index in [2.05, 4.69) is 21.2 Å². The van der Waals surface area contributed by atoms with Crippen molar-refractivity contribution < 1.29 is 14.3 Å². The van der Waals surface area contributed by atoms with Crippen molar-refractivity contribution in [3.05, 3.63) is 61.5 Å². The van der Waals surface area contributed by atoms with Crippen LogP contribution in [0.3, 0.4) is 0 Å². The van der Waals surface area contributed by atoms with Gasteiger partial charge in [0, 0.05) is 33.2 Å². The summed E-state index contributed by atoms with van der Waals surface area (Å²) in [7, 11) is 0. The quantitative estimate of drug-likeness (QED) is 0.418. The van der Waals surface area contributed by atoms with Gasteiger partial charge < -0.3 is 15.0 Å². The standard InChI is InChI=1S/C22H24BrCl3N2O3/c1-13(2)10-27-22(30)14(3)28(11-16-17(24)5-4-6-18(16)25)21(29)12-31-20-8-7-15(23)9-19(20)26/h4-9,13-14H,10-12H2,1-3H3,(H,27,30). The van der Waals surface area contributed by atoms with E-state index in [1.807, 2.05) is 13.8 Å². The third-order valence-corrected chi connectivity index (χ3v) is 5.98. The van der Waals surface area contributed by atoms with Crippen LogP contribution in [0.25, 0.3) is 0 Å². The number of amides is 2. The normalized spacial score (nSPS) is 11.9. The maximum absolute atomic E-state index is 13.1. The van der Waals surface area contributed by atoms with Crippen molar-refractivity contribution in [2.24, 2.45) is 5.92 Å². The Bertz CT molecular complexity index is 920. The molecule has 0 aliphatic heterocycles. The number of hydrogen-bond acceptors (Lipinski definition) is 3. The number of nitrogens with one attached hydrogen (secondary N) is 1. The molecule has 0 saturated heterocycles. The van der Waals surface area contributed by atoms with Crippen LogP contribution in [0.5, 0.6) is 5.75 Å². The highest BCUT2D eigenvalue weighted by Gasteiger charge is 2.28. The molecule has 2 amide bonds. The van der Waals surface area contributed by atoms with Crippen molar-refractivity contribution in [3.8, 4) is 5.75 Å². The van der Waals surface area contributed by atoms with E-state index in [-0.39, 0.29) is 25.0 Å². The molecule has 0 aromatic heterocycles. The van der Waals surface area contributed by atoms with E-state index in [1.54, 1.807) is 43.3 Å². The van der Waals surface area contributed by atoms with Gasteiger partial charge in [0.2, 0.25) is 5.91 Å². The Hall–Kier alpha value is -1.47. The average Bonchev–Trinajstić information content (AvgIpc) is 2.70. The Morgan fingerprint density at radius 3 is 2.29 bits per heavy atom. The fourth-order valence-electron chi connectivity index (χ4n) is 2.70. The predicted molar refractivity (Wildman–Crippen MR) is 129 cm³/mol. The summed E-state index contributed by atoms with van der Waals surface area (Å²) in [5.41, 5.74) is 0.560. The molecule has 0 fully saturated rings. The highest BCUT2D eigenvalue weighted by Crippen LogP contribution is 2.29. The van der Waals surface area contributed by atoms with Crippen LogP contribution < -0.4 is 10.1 Å². The molecule has 2 aromatic carbocycles. The van der Waals surface area contributed by atoms with E-state index in [9.17, 15) is 9.59 Å². The largest absolute Gasteiger partial charge is 0.482 e. The fraction of sp³-hybridized carbons (Fsp3) is 0.364. The molecule has 31 heavy (non-hydrogen) atoms. The number of benzene rings is 2. The number of nitrogens with zero attached hydrogens (tertiary/aromatic N) is 1. The lowest BCUT2D eigenvalue weighted by Gasteiger charge is -2.29. The number of rotatable bonds is 9. The Morgan fingerprint density at radius 2 is 1.71 bits per heavy atom. The van der Waals surface area contributed by atoms with Crippen LogP contribution in [0.1, 0.15) is 26.3 Å². The van der Waals surface area contributed by atoms with E-state index in [4.69, 9.17) is 39.5 Å². The van der Waals surface area contributed by atoms with Crippen molar-refractivity contribution in [1.29, 1.82) is 0 Å². The van der Waals surface area contributed by atoms with E-state index in [0.717, 1.165) is 4.47 Å². The molecule has 9 heteroatoms. The van der Waals surface area contributed by atoms with Gasteiger partial charge in [0.25, 0.3) is 5.91 Å². The number of carbonyl (C=O) groups is 2. The third-order valence-electron chi connectivity index (χ3n) is 4.49. The van der Waals surface area contributed by atoms with Crippen molar-refractivity contribution >= 4 is 62.5 Å². The lowest BCUT2D eigenvalue weighted by Crippen LogP contribution is -2.49. The van der Waals surface area contributed by atoms with Crippen molar-refractivity contribution in [2.75, 3.05) is 13.2 Å². The van der Waals surface area contributed by atoms with Crippen LogP contribution >= 0.6 is 50.7 Å². The van der Waals surface area contributed by atoms with Gasteiger partial charge >= 0.3 is 0 Å². The van der Waals surface area contributed by atoms with Gasteiger partial charge in [-0.2, -0.15) is 0 Å². The predicted octanol–water partition coefficient (Wildman–Crippen LogP) is 5.98. The molecule has 0 bridgehead atoms. The zero-order valence-corrected chi connectivity index (χ0v) is 21.3. The minimum absolute atomic E-state index is 0.0606. The molecule has 2 aromatic rings. The van der Waals surface area contributed by atoms with Crippen LogP contribution in [-0.2, 0) is 16.1 Å². The van der Waals surface area contributed by atoms with Crippen LogP contribution in [-0.4, -0.2) is 35.9 Å². The molecule has 0 heterocycles. The molecule has 1 unspecified atom stereocenters. The molecule has 0 spiro atoms. The van der Waals surface area contributed by atoms with Gasteiger partial charge in [0.15, 0.2) is 6.61 Å². The average molecular weight is 551 g/mol. The van der Waals surface area contributed by atoms with Gasteiger partial charge in [-0.05, 0) is 43.2 Å². The van der Waals surface area contributed by atoms with E-state index >= 15 is 0 Å². The summed E-state index contributed by atoms with van der Waals surface area (Å²) in [5, 5.41) is 4.05. The monoisotopic (exact) mass is 548 g/mol. The third kappa shape index (κ3) is 7.56. The topological polar surface area (TPSA) is 58.6 Å². The first-order valence-corrected chi connectivity index (χ1v) is 11.6. The lowest BCUT2D eigenvalue weighted by molar-refractivity contribution is -0.142. The molecule has 0 aliphatic rings. The summed E-state index contributed by atoms with van der Waals surface area (Å²) in [6, 6.07) is 9.42. The highest BCUT2D eigenvalue weighted by molar-refractivity contribution is 9.10. The highest BCUT2D eigenvalue weighted by atomic mass is 79.9. The number of hydrogen-bond donors (Lipinski definition) is 1. The van der Waals surface area contributed by atoms with E-state index in [0.29, 0.717) is 32.9 Å². The first-order chi connectivity index (χ1) is 14.6. The Balaban J connectivity index is 2.22. The lowest BCUT2D eigenvalue weighted by atomic mass is 10.1. The van der Waals surface area contributed by atoms with Gasteiger partial charge in [-0.3, -0.25) is 9.59 Å². The van der Waals surface area contributed by atoms with Crippen LogP contribution in [0.2, 0.25) is 15.1 Å². The zero-order valence-electron chi connectivity index (χ0n) is 17.4. The Labute approximate surface area is 206 Å². The second-order valence-electron chi connectivity index (χ2n) is 7.40. The molecule has 0 radical (unpaired) electrons. The van der Waals surface area contributed by atoms with Crippen LogP contribution in [0.15, 0.2) is 40.9 Å². The maximum Gasteiger partial charge on any atom is 0.261 e. The number of ether oxygens (including phenoxy) is 1. The second-order valence-corrected chi connectivity index (χ2v) is 9.54. The zero-order chi connectivity index (χ0) is 23.1. The second kappa shape index (κ2) is 12.0. The molecule has 5 nitrogen and oxygen atoms in total. The summed E-state index contributed by atoms with van der Waals surface area (Å²) < 4.78 is 6.41. The van der Waals surface area contributed by atoms with Gasteiger partial charge in [0.1, 0.15) is 11.8 Å². The minimum atomic E-state index is -0.762. The van der Waals surface area contributed by atoms with E-state index in [1.165, 1.54) is 4.90 Å². The van der Waals surface area contributed by atoms with Gasteiger partial charge in [-0.15, -0.1) is 0 Å². The SMILES string of the molecule is CC(C)CNC(=O)C(C)N(Cc1c(Cl)cccc1Cl)C(=O)COc1ccc(Br)cc1Cl. The number of halogens is 4. The number of carbonyl (C=O) groups excluding carboxylic acids is 2. The summed E-state index contributed by atoms with van der Waals surface area (Å²) in [4.78, 5) is 27.2. The molecular weight excluding hydrogens is 527 g/mol. The molecule has 0 aliphatic carbocycles. The summed E-state index contributed by atoms with van der Waals surface area (Å²) in [6.45, 7) is 5.91. The summed E-state index contributed by atoms with van der Waals surface area (Å²) in [5.74, 6) is -0.0267. The Morgan fingerprint density at radius 1 is 1.06 bits per heavy atom. The van der Waals surface area contributed by atoms with Crippen molar-refractivity contribution in [3.63, 3.8) is 0 Å². The van der Waals surface area contributed by atoms with Gasteiger partial charge in [-0.25, -0.2) is 0 Å². The smallest absolute Gasteiger partial charge is 0.261 e. The molecule has 1 atom stereocenters. The maximum atomic E-state index is 13.1. The first kappa shape index (κ1) is 25.8. The minimum Gasteiger partial charge on any atom is -0.482 e. The van der Waals surface area contributed by atoms with Crippen molar-refractivity contribution in [2.45, 2.75) is 33.4 Å². The molecular formula is C22H24BrCl3N2O3.